The maximum atomic E-state index is 12.7. The van der Waals surface area contributed by atoms with Crippen molar-refractivity contribution in [3.05, 3.63) is 0 Å². The molecule has 0 radical (unpaired) electrons. The summed E-state index contributed by atoms with van der Waals surface area (Å²) in [6.07, 6.45) is 2.24. The van der Waals surface area contributed by atoms with E-state index in [1.165, 1.54) is 0 Å². The maximum Gasteiger partial charge on any atom is 0.311 e. The molecule has 0 aliphatic carbocycles. The van der Waals surface area contributed by atoms with Gasteiger partial charge in [0.15, 0.2) is 0 Å². The average molecular weight is 313 g/mol. The summed E-state index contributed by atoms with van der Waals surface area (Å²) >= 11 is -3.34. The number of carbonyl (C=O) groups is 1. The Labute approximate surface area is 121 Å². The minimum atomic E-state index is -3.62. The largest absolute Gasteiger partial charge is 0.768 e. The number of hydrogen-bond acceptors (Lipinski definition) is 4. The highest BCUT2D eigenvalue weighted by Crippen LogP contribution is 2.24. The van der Waals surface area contributed by atoms with E-state index in [1.54, 1.807) is 20.8 Å². The van der Waals surface area contributed by atoms with E-state index in [9.17, 15) is 22.3 Å². The predicted molar refractivity (Wildman–Crippen MR) is 72.0 cm³/mol. The summed E-state index contributed by atoms with van der Waals surface area (Å²) in [6, 6.07) is 0. The van der Waals surface area contributed by atoms with E-state index in [4.69, 9.17) is 4.74 Å². The zero-order valence-corrected chi connectivity index (χ0v) is 13.1. The van der Waals surface area contributed by atoms with Gasteiger partial charge < -0.3 is 9.29 Å². The molecule has 0 aliphatic heterocycles. The van der Waals surface area contributed by atoms with Gasteiger partial charge in [0.05, 0.1) is 12.0 Å². The third-order valence-electron chi connectivity index (χ3n) is 2.70. The summed E-state index contributed by atoms with van der Waals surface area (Å²) in [7, 11) is 0. The van der Waals surface area contributed by atoms with Gasteiger partial charge >= 0.3 is 11.2 Å². The smallest absolute Gasteiger partial charge is 0.311 e. The molecule has 0 rings (SSSR count). The van der Waals surface area contributed by atoms with Crippen molar-refractivity contribution < 1.29 is 27.1 Å². The van der Waals surface area contributed by atoms with Gasteiger partial charge in [-0.3, -0.25) is 9.00 Å². The molecule has 0 saturated heterocycles. The van der Waals surface area contributed by atoms with Crippen molar-refractivity contribution in [3.63, 3.8) is 0 Å². The second-order valence-corrected chi connectivity index (χ2v) is 6.84. The van der Waals surface area contributed by atoms with E-state index in [0.717, 1.165) is 6.42 Å². The fourth-order valence-electron chi connectivity index (χ4n) is 1.43. The molecular weight excluding hydrogens is 290 g/mol. The summed E-state index contributed by atoms with van der Waals surface area (Å²) in [5.41, 5.74) is -0.514. The molecular formula is C13H23F2O4S-. The first-order valence-electron chi connectivity index (χ1n) is 6.72. The lowest BCUT2D eigenvalue weighted by Gasteiger charge is -2.18. The molecule has 0 bridgehead atoms. The first kappa shape index (κ1) is 19.4. The van der Waals surface area contributed by atoms with Crippen LogP contribution in [0.1, 0.15) is 59.3 Å². The quantitative estimate of drug-likeness (QED) is 0.372. The van der Waals surface area contributed by atoms with Crippen LogP contribution in [-0.4, -0.2) is 26.6 Å². The van der Waals surface area contributed by atoms with Crippen LogP contribution >= 0.6 is 0 Å². The molecule has 20 heavy (non-hydrogen) atoms. The van der Waals surface area contributed by atoms with Crippen molar-refractivity contribution >= 4 is 17.0 Å². The van der Waals surface area contributed by atoms with Gasteiger partial charge in [0.25, 0.3) is 0 Å². The van der Waals surface area contributed by atoms with Gasteiger partial charge in [0, 0.05) is 17.5 Å². The standard InChI is InChI=1S/C13H24F2O4S/c1-12(2,3)11(16)19-10-8-6-4-5-7-9-13(14,15)20(17)18/h4-10H2,1-3H3,(H,17,18)/p-1. The summed E-state index contributed by atoms with van der Waals surface area (Å²) in [6.45, 7) is 5.65. The minimum absolute atomic E-state index is 0.169. The zero-order valence-electron chi connectivity index (χ0n) is 12.2. The van der Waals surface area contributed by atoms with Crippen LogP contribution in [0.5, 0.6) is 0 Å². The van der Waals surface area contributed by atoms with E-state index in [-0.39, 0.29) is 12.4 Å². The molecule has 4 nitrogen and oxygen atoms in total. The van der Waals surface area contributed by atoms with Crippen molar-refractivity contribution in [1.82, 2.24) is 0 Å². The first-order chi connectivity index (χ1) is 9.07. The fraction of sp³-hybridized carbons (Fsp3) is 0.923. The molecule has 0 aromatic carbocycles. The van der Waals surface area contributed by atoms with Crippen LogP contribution in [0.25, 0.3) is 0 Å². The van der Waals surface area contributed by atoms with Crippen molar-refractivity contribution in [2.75, 3.05) is 6.61 Å². The molecule has 0 fully saturated rings. The normalized spacial score (nSPS) is 14.1. The van der Waals surface area contributed by atoms with Crippen LogP contribution in [0.4, 0.5) is 8.78 Å². The molecule has 1 atom stereocenters. The van der Waals surface area contributed by atoms with Gasteiger partial charge in [0.2, 0.25) is 0 Å². The molecule has 7 heteroatoms. The Bertz CT molecular complexity index is 327. The van der Waals surface area contributed by atoms with Crippen LogP contribution in [0.15, 0.2) is 0 Å². The highest BCUT2D eigenvalue weighted by atomic mass is 32.2. The van der Waals surface area contributed by atoms with Gasteiger partial charge in [-0.15, -0.1) is 0 Å². The first-order valence-corrected chi connectivity index (χ1v) is 7.79. The number of hydrogen-bond donors (Lipinski definition) is 0. The van der Waals surface area contributed by atoms with Gasteiger partial charge in [0.1, 0.15) is 0 Å². The van der Waals surface area contributed by atoms with E-state index in [2.05, 4.69) is 0 Å². The predicted octanol–water partition coefficient (Wildman–Crippen LogP) is 3.39. The third-order valence-corrected chi connectivity index (χ3v) is 3.39. The van der Waals surface area contributed by atoms with E-state index < -0.39 is 28.2 Å². The SMILES string of the molecule is CC(C)(C)C(=O)OCCCCCCCC(F)(F)S(=O)[O-]. The van der Waals surface area contributed by atoms with E-state index in [0.29, 0.717) is 25.9 Å². The van der Waals surface area contributed by atoms with E-state index >= 15 is 0 Å². The third kappa shape index (κ3) is 8.58. The number of esters is 1. The highest BCUT2D eigenvalue weighted by Gasteiger charge is 2.29. The summed E-state index contributed by atoms with van der Waals surface area (Å²) in [4.78, 5) is 11.4. The lowest BCUT2D eigenvalue weighted by atomic mass is 9.97. The van der Waals surface area contributed by atoms with Crippen molar-refractivity contribution in [3.8, 4) is 0 Å². The summed E-state index contributed by atoms with van der Waals surface area (Å²) in [5.74, 6) is -0.255. The summed E-state index contributed by atoms with van der Waals surface area (Å²) < 4.78 is 50.8. The number of carbonyl (C=O) groups excluding carboxylic acids is 1. The number of rotatable bonds is 9. The second-order valence-electron chi connectivity index (χ2n) is 5.78. The van der Waals surface area contributed by atoms with Crippen LogP contribution < -0.4 is 0 Å². The highest BCUT2D eigenvalue weighted by molar-refractivity contribution is 7.80. The van der Waals surface area contributed by atoms with Gasteiger partial charge in [-0.05, 0) is 33.6 Å². The molecule has 0 spiro atoms. The number of ether oxygens (including phenoxy) is 1. The van der Waals surface area contributed by atoms with Crippen LogP contribution in [0, 0.1) is 5.41 Å². The van der Waals surface area contributed by atoms with Crippen LogP contribution in [0.2, 0.25) is 0 Å². The van der Waals surface area contributed by atoms with Gasteiger partial charge in [-0.1, -0.05) is 19.3 Å². The number of unbranched alkanes of at least 4 members (excludes halogenated alkanes) is 4. The van der Waals surface area contributed by atoms with Crippen molar-refractivity contribution in [1.29, 1.82) is 0 Å². The van der Waals surface area contributed by atoms with Gasteiger partial charge in [-0.2, -0.15) is 8.78 Å². The minimum Gasteiger partial charge on any atom is -0.768 e. The molecule has 120 valence electrons. The zero-order chi connectivity index (χ0) is 15.8. The molecule has 0 aliphatic rings. The monoisotopic (exact) mass is 313 g/mol. The van der Waals surface area contributed by atoms with Crippen LogP contribution in [-0.2, 0) is 20.6 Å². The van der Waals surface area contributed by atoms with Crippen LogP contribution in [0.3, 0.4) is 0 Å². The Morgan fingerprint density at radius 2 is 1.60 bits per heavy atom. The molecule has 0 aromatic rings. The fourth-order valence-corrected chi connectivity index (χ4v) is 1.74. The second kappa shape index (κ2) is 8.67. The lowest BCUT2D eigenvalue weighted by Crippen LogP contribution is -2.23. The average Bonchev–Trinajstić information content (AvgIpc) is 2.30. The molecule has 0 N–H and O–H groups in total. The summed E-state index contributed by atoms with van der Waals surface area (Å²) in [5, 5.41) is -3.62. The number of alkyl halides is 2. The van der Waals surface area contributed by atoms with Crippen molar-refractivity contribution in [2.24, 2.45) is 5.41 Å². The molecule has 0 aromatic heterocycles. The lowest BCUT2D eigenvalue weighted by molar-refractivity contribution is -0.153. The molecule has 1 unspecified atom stereocenters. The van der Waals surface area contributed by atoms with E-state index in [1.807, 2.05) is 0 Å². The van der Waals surface area contributed by atoms with Crippen molar-refractivity contribution in [2.45, 2.75) is 64.6 Å². The Morgan fingerprint density at radius 1 is 1.10 bits per heavy atom. The molecule has 0 saturated carbocycles. The Hall–Kier alpha value is -0.560. The Morgan fingerprint density at radius 3 is 2.10 bits per heavy atom. The molecule has 0 heterocycles. The molecule has 0 amide bonds. The Kier molecular flexibility index (Phi) is 8.42. The maximum absolute atomic E-state index is 12.7. The number of halogens is 2. The Balaban J connectivity index is 3.51. The van der Waals surface area contributed by atoms with Gasteiger partial charge in [-0.25, -0.2) is 0 Å². The topological polar surface area (TPSA) is 66.4 Å².